The van der Waals surface area contributed by atoms with Crippen LogP contribution in [0.4, 0.5) is 0 Å². The van der Waals surface area contributed by atoms with Gasteiger partial charge in [0.05, 0.1) is 0 Å². The second-order valence-electron chi connectivity index (χ2n) is 6.81. The van der Waals surface area contributed by atoms with E-state index in [0.717, 1.165) is 24.2 Å². The number of rotatable bonds is 8. The third kappa shape index (κ3) is 4.88. The molecule has 0 fully saturated rings. The predicted molar refractivity (Wildman–Crippen MR) is 103 cm³/mol. The number of aryl methyl sites for hydroxylation is 1. The first kappa shape index (κ1) is 19.0. The lowest BCUT2D eigenvalue weighted by Gasteiger charge is -2.17. The molecule has 1 amide bonds. The zero-order valence-corrected chi connectivity index (χ0v) is 15.9. The molecule has 0 saturated heterocycles. The summed E-state index contributed by atoms with van der Waals surface area (Å²) in [5, 5.41) is 0. The molecule has 3 rings (SSSR count). The minimum absolute atomic E-state index is 0.00266. The molecule has 2 aromatic rings. The Morgan fingerprint density at radius 1 is 0.963 bits per heavy atom. The van der Waals surface area contributed by atoms with Crippen LogP contribution in [0.25, 0.3) is 0 Å². The standard InChI is InChI=1S/C22H25NO4/c1-3-4-16-5-8-18(9-6-16)19(24)10-12-22(25)23(2)14-17-7-11-20-21(13-17)27-15-26-20/h5-9,11,13H,3-4,10,12,14-15H2,1-2H3. The highest BCUT2D eigenvalue weighted by atomic mass is 16.7. The molecule has 0 radical (unpaired) electrons. The van der Waals surface area contributed by atoms with Crippen molar-refractivity contribution in [1.29, 1.82) is 0 Å². The lowest BCUT2D eigenvalue weighted by Crippen LogP contribution is -2.26. The van der Waals surface area contributed by atoms with Crippen molar-refractivity contribution in [2.45, 2.75) is 39.2 Å². The van der Waals surface area contributed by atoms with Gasteiger partial charge in [-0.2, -0.15) is 0 Å². The van der Waals surface area contributed by atoms with Gasteiger partial charge in [0.1, 0.15) is 0 Å². The van der Waals surface area contributed by atoms with Gasteiger partial charge in [-0.05, 0) is 29.7 Å². The van der Waals surface area contributed by atoms with Crippen molar-refractivity contribution in [1.82, 2.24) is 4.90 Å². The second-order valence-corrected chi connectivity index (χ2v) is 6.81. The molecule has 142 valence electrons. The maximum absolute atomic E-state index is 12.4. The number of Topliss-reactive ketones (excluding diaryl/α,β-unsaturated/α-hetero) is 1. The Hall–Kier alpha value is -2.82. The molecule has 0 spiro atoms. The van der Waals surface area contributed by atoms with E-state index in [4.69, 9.17) is 9.47 Å². The normalized spacial score (nSPS) is 12.1. The van der Waals surface area contributed by atoms with Crippen molar-refractivity contribution in [3.05, 3.63) is 59.2 Å². The highest BCUT2D eigenvalue weighted by Crippen LogP contribution is 2.32. The highest BCUT2D eigenvalue weighted by Gasteiger charge is 2.16. The lowest BCUT2D eigenvalue weighted by molar-refractivity contribution is -0.130. The van der Waals surface area contributed by atoms with Crippen LogP contribution in [0.15, 0.2) is 42.5 Å². The van der Waals surface area contributed by atoms with Gasteiger partial charge in [0.25, 0.3) is 0 Å². The minimum Gasteiger partial charge on any atom is -0.454 e. The van der Waals surface area contributed by atoms with Crippen molar-refractivity contribution in [3.63, 3.8) is 0 Å². The largest absolute Gasteiger partial charge is 0.454 e. The number of amides is 1. The van der Waals surface area contributed by atoms with Crippen LogP contribution in [0, 0.1) is 0 Å². The summed E-state index contributed by atoms with van der Waals surface area (Å²) in [6.07, 6.45) is 2.52. The number of benzene rings is 2. The molecule has 2 aromatic carbocycles. The summed E-state index contributed by atoms with van der Waals surface area (Å²) in [4.78, 5) is 26.3. The Kier molecular flexibility index (Phi) is 6.12. The van der Waals surface area contributed by atoms with Gasteiger partial charge in [-0.3, -0.25) is 9.59 Å². The summed E-state index contributed by atoms with van der Waals surface area (Å²) < 4.78 is 10.7. The molecule has 1 aliphatic rings. The van der Waals surface area contributed by atoms with Crippen LogP contribution in [0.2, 0.25) is 0 Å². The van der Waals surface area contributed by atoms with Crippen LogP contribution in [0.5, 0.6) is 11.5 Å². The van der Waals surface area contributed by atoms with Crippen LogP contribution in [-0.2, 0) is 17.8 Å². The molecule has 0 unspecified atom stereocenters. The van der Waals surface area contributed by atoms with Gasteiger partial charge in [-0.25, -0.2) is 0 Å². The Bertz CT molecular complexity index is 814. The number of carbonyl (C=O) groups excluding carboxylic acids is 2. The molecule has 0 aliphatic carbocycles. The lowest BCUT2D eigenvalue weighted by atomic mass is 10.0. The van der Waals surface area contributed by atoms with Gasteiger partial charge in [-0.15, -0.1) is 0 Å². The smallest absolute Gasteiger partial charge is 0.231 e. The third-order valence-electron chi connectivity index (χ3n) is 4.66. The van der Waals surface area contributed by atoms with E-state index in [2.05, 4.69) is 6.92 Å². The number of nitrogens with zero attached hydrogens (tertiary/aromatic N) is 1. The fourth-order valence-electron chi connectivity index (χ4n) is 3.10. The summed E-state index contributed by atoms with van der Waals surface area (Å²) in [6.45, 7) is 2.83. The Balaban J connectivity index is 1.50. The molecule has 0 saturated carbocycles. The van der Waals surface area contributed by atoms with Gasteiger partial charge in [-0.1, -0.05) is 43.7 Å². The van der Waals surface area contributed by atoms with Gasteiger partial charge in [0, 0.05) is 32.0 Å². The second kappa shape index (κ2) is 8.71. The fraction of sp³-hybridized carbons (Fsp3) is 0.364. The molecule has 5 heteroatoms. The molecular weight excluding hydrogens is 342 g/mol. The molecule has 0 atom stereocenters. The van der Waals surface area contributed by atoms with E-state index in [0.29, 0.717) is 17.9 Å². The Morgan fingerprint density at radius 2 is 1.67 bits per heavy atom. The average molecular weight is 367 g/mol. The summed E-state index contributed by atoms with van der Waals surface area (Å²) in [7, 11) is 1.75. The SMILES string of the molecule is CCCc1ccc(C(=O)CCC(=O)N(C)Cc2ccc3c(c2)OCO3)cc1. The van der Waals surface area contributed by atoms with Gasteiger partial charge < -0.3 is 14.4 Å². The van der Waals surface area contributed by atoms with Crippen molar-refractivity contribution in [2.24, 2.45) is 0 Å². The number of ketones is 1. The zero-order valence-electron chi connectivity index (χ0n) is 15.9. The Morgan fingerprint density at radius 3 is 2.41 bits per heavy atom. The van der Waals surface area contributed by atoms with E-state index in [-0.39, 0.29) is 31.3 Å². The predicted octanol–water partition coefficient (Wildman–Crippen LogP) is 3.99. The van der Waals surface area contributed by atoms with Crippen LogP contribution < -0.4 is 9.47 Å². The maximum Gasteiger partial charge on any atom is 0.231 e. The van der Waals surface area contributed by atoms with E-state index in [9.17, 15) is 9.59 Å². The van der Waals surface area contributed by atoms with Crippen molar-refractivity contribution in [2.75, 3.05) is 13.8 Å². The van der Waals surface area contributed by atoms with E-state index in [1.54, 1.807) is 11.9 Å². The van der Waals surface area contributed by atoms with E-state index < -0.39 is 0 Å². The molecule has 0 aromatic heterocycles. The van der Waals surface area contributed by atoms with Crippen LogP contribution in [-0.4, -0.2) is 30.4 Å². The van der Waals surface area contributed by atoms with Gasteiger partial charge >= 0.3 is 0 Å². The first-order valence-electron chi connectivity index (χ1n) is 9.31. The van der Waals surface area contributed by atoms with Crippen LogP contribution >= 0.6 is 0 Å². The van der Waals surface area contributed by atoms with Crippen molar-refractivity contribution in [3.8, 4) is 11.5 Å². The van der Waals surface area contributed by atoms with Crippen LogP contribution in [0.1, 0.15) is 47.7 Å². The van der Waals surface area contributed by atoms with Gasteiger partial charge in [0.15, 0.2) is 17.3 Å². The zero-order chi connectivity index (χ0) is 19.2. The molecular formula is C22H25NO4. The monoisotopic (exact) mass is 367 g/mol. The number of ether oxygens (including phenoxy) is 2. The summed E-state index contributed by atoms with van der Waals surface area (Å²) >= 11 is 0. The van der Waals surface area contributed by atoms with Crippen molar-refractivity contribution >= 4 is 11.7 Å². The summed E-state index contributed by atoms with van der Waals surface area (Å²) in [6, 6.07) is 13.3. The molecule has 27 heavy (non-hydrogen) atoms. The topological polar surface area (TPSA) is 55.8 Å². The number of hydrogen-bond donors (Lipinski definition) is 0. The van der Waals surface area contributed by atoms with E-state index in [1.807, 2.05) is 42.5 Å². The van der Waals surface area contributed by atoms with Gasteiger partial charge in [0.2, 0.25) is 12.7 Å². The average Bonchev–Trinajstić information content (AvgIpc) is 3.14. The fourth-order valence-corrected chi connectivity index (χ4v) is 3.10. The van der Waals surface area contributed by atoms with Crippen molar-refractivity contribution < 1.29 is 19.1 Å². The highest BCUT2D eigenvalue weighted by molar-refractivity contribution is 5.97. The summed E-state index contributed by atoms with van der Waals surface area (Å²) in [5.74, 6) is 1.38. The quantitative estimate of drug-likeness (QED) is 0.662. The minimum atomic E-state index is -0.0522. The third-order valence-corrected chi connectivity index (χ3v) is 4.66. The number of carbonyl (C=O) groups is 2. The van der Waals surface area contributed by atoms with E-state index in [1.165, 1.54) is 5.56 Å². The number of fused-ring (bicyclic) bond motifs is 1. The van der Waals surface area contributed by atoms with E-state index >= 15 is 0 Å². The number of hydrogen-bond acceptors (Lipinski definition) is 4. The Labute approximate surface area is 159 Å². The van der Waals surface area contributed by atoms with Crippen LogP contribution in [0.3, 0.4) is 0 Å². The first-order valence-corrected chi connectivity index (χ1v) is 9.31. The molecule has 1 aliphatic heterocycles. The molecule has 1 heterocycles. The molecule has 5 nitrogen and oxygen atoms in total. The summed E-state index contributed by atoms with van der Waals surface area (Å²) in [5.41, 5.74) is 2.86. The first-order chi connectivity index (χ1) is 13.1. The molecule has 0 N–H and O–H groups in total. The maximum atomic E-state index is 12.4. The molecule has 0 bridgehead atoms.